The van der Waals surface area contributed by atoms with E-state index in [2.05, 4.69) is 15.6 Å². The van der Waals surface area contributed by atoms with Gasteiger partial charge in [0.1, 0.15) is 0 Å². The molecule has 1 aliphatic rings. The van der Waals surface area contributed by atoms with Crippen molar-refractivity contribution in [2.45, 2.75) is 0 Å². The van der Waals surface area contributed by atoms with E-state index in [1.807, 2.05) is 11.8 Å². The number of nitrogens with one attached hydrogen (secondary N) is 2. The third-order valence-corrected chi connectivity index (χ3v) is 4.38. The summed E-state index contributed by atoms with van der Waals surface area (Å²) in [5.74, 6) is 7.58. The van der Waals surface area contributed by atoms with Crippen molar-refractivity contribution in [3.8, 4) is 0 Å². The van der Waals surface area contributed by atoms with Gasteiger partial charge in [0.05, 0.1) is 11.3 Å². The van der Waals surface area contributed by atoms with Crippen LogP contribution in [0.2, 0.25) is 5.02 Å². The Labute approximate surface area is 128 Å². The molecule has 4 N–H and O–H groups in total. The quantitative estimate of drug-likeness (QED) is 0.566. The molecule has 1 saturated heterocycles. The number of benzene rings is 1. The lowest BCUT2D eigenvalue weighted by Gasteiger charge is -2.26. The highest BCUT2D eigenvalue weighted by Gasteiger charge is 2.13. The number of rotatable bonds is 5. The van der Waals surface area contributed by atoms with Crippen LogP contribution in [0.4, 0.5) is 5.69 Å². The van der Waals surface area contributed by atoms with Crippen LogP contribution < -0.4 is 16.6 Å². The van der Waals surface area contributed by atoms with E-state index in [0.29, 0.717) is 22.8 Å². The molecule has 0 radical (unpaired) electrons. The third kappa shape index (κ3) is 4.28. The lowest BCUT2D eigenvalue weighted by molar-refractivity contribution is 0.0949. The molecule has 110 valence electrons. The fourth-order valence-electron chi connectivity index (χ4n) is 2.08. The van der Waals surface area contributed by atoms with E-state index in [-0.39, 0.29) is 5.91 Å². The summed E-state index contributed by atoms with van der Waals surface area (Å²) in [5, 5.41) is 3.42. The number of hydrogen-bond acceptors (Lipinski definition) is 5. The molecule has 1 aromatic rings. The molecule has 1 fully saturated rings. The first-order valence-corrected chi connectivity index (χ1v) is 8.08. The Morgan fingerprint density at radius 3 is 2.85 bits per heavy atom. The largest absolute Gasteiger partial charge is 0.351 e. The van der Waals surface area contributed by atoms with Gasteiger partial charge in [-0.3, -0.25) is 15.5 Å². The predicted molar refractivity (Wildman–Crippen MR) is 85.4 cm³/mol. The topological polar surface area (TPSA) is 70.4 Å². The van der Waals surface area contributed by atoms with Gasteiger partial charge in [-0.1, -0.05) is 11.6 Å². The molecule has 1 aromatic carbocycles. The predicted octanol–water partition coefficient (Wildman–Crippen LogP) is 1.40. The molecule has 7 heteroatoms. The average molecular weight is 315 g/mol. The maximum absolute atomic E-state index is 12.1. The van der Waals surface area contributed by atoms with Gasteiger partial charge in [0.2, 0.25) is 0 Å². The normalized spacial score (nSPS) is 15.9. The second kappa shape index (κ2) is 7.73. The SMILES string of the molecule is NNc1ccc(Cl)cc1C(=O)NCCN1CCSCC1. The van der Waals surface area contributed by atoms with Crippen LogP contribution in [0, 0.1) is 0 Å². The summed E-state index contributed by atoms with van der Waals surface area (Å²) in [5.41, 5.74) is 3.55. The van der Waals surface area contributed by atoms with Crippen molar-refractivity contribution in [2.24, 2.45) is 5.84 Å². The van der Waals surface area contributed by atoms with Gasteiger partial charge in [0.15, 0.2) is 0 Å². The second-order valence-electron chi connectivity index (χ2n) is 4.54. The number of carbonyl (C=O) groups is 1. The minimum Gasteiger partial charge on any atom is -0.351 e. The van der Waals surface area contributed by atoms with Gasteiger partial charge in [-0.05, 0) is 18.2 Å². The Morgan fingerprint density at radius 1 is 1.40 bits per heavy atom. The molecule has 0 aliphatic carbocycles. The van der Waals surface area contributed by atoms with Crippen molar-refractivity contribution in [1.29, 1.82) is 0 Å². The van der Waals surface area contributed by atoms with Crippen LogP contribution in [-0.4, -0.2) is 48.5 Å². The number of nitrogens with zero attached hydrogens (tertiary/aromatic N) is 1. The average Bonchev–Trinajstić information content (AvgIpc) is 2.48. The number of thioether (sulfide) groups is 1. The summed E-state index contributed by atoms with van der Waals surface area (Å²) in [6, 6.07) is 5.00. The maximum atomic E-state index is 12.1. The smallest absolute Gasteiger partial charge is 0.253 e. The summed E-state index contributed by atoms with van der Waals surface area (Å²) in [6.07, 6.45) is 0. The third-order valence-electron chi connectivity index (χ3n) is 3.20. The summed E-state index contributed by atoms with van der Waals surface area (Å²) >= 11 is 7.89. The van der Waals surface area contributed by atoms with E-state index in [1.54, 1.807) is 18.2 Å². The molecule has 1 aliphatic heterocycles. The summed E-state index contributed by atoms with van der Waals surface area (Å²) in [4.78, 5) is 14.5. The molecule has 5 nitrogen and oxygen atoms in total. The lowest BCUT2D eigenvalue weighted by Crippen LogP contribution is -2.39. The summed E-state index contributed by atoms with van der Waals surface area (Å²) < 4.78 is 0. The molecular formula is C13H19ClN4OS. The molecular weight excluding hydrogens is 296 g/mol. The van der Waals surface area contributed by atoms with Crippen molar-refractivity contribution in [1.82, 2.24) is 10.2 Å². The van der Waals surface area contributed by atoms with E-state index in [4.69, 9.17) is 17.4 Å². The van der Waals surface area contributed by atoms with Crippen LogP contribution in [0.1, 0.15) is 10.4 Å². The van der Waals surface area contributed by atoms with Gasteiger partial charge in [0, 0.05) is 42.7 Å². The molecule has 0 bridgehead atoms. The Kier molecular flexibility index (Phi) is 5.97. The first-order chi connectivity index (χ1) is 9.70. The van der Waals surface area contributed by atoms with Crippen LogP contribution in [0.15, 0.2) is 18.2 Å². The van der Waals surface area contributed by atoms with E-state index >= 15 is 0 Å². The monoisotopic (exact) mass is 314 g/mol. The van der Waals surface area contributed by atoms with Crippen molar-refractivity contribution in [2.75, 3.05) is 43.1 Å². The van der Waals surface area contributed by atoms with Gasteiger partial charge in [-0.15, -0.1) is 0 Å². The Hall–Kier alpha value is -0.950. The maximum Gasteiger partial charge on any atom is 0.253 e. The molecule has 1 heterocycles. The minimum atomic E-state index is -0.160. The first kappa shape index (κ1) is 15.4. The Morgan fingerprint density at radius 2 is 2.15 bits per heavy atom. The molecule has 0 unspecified atom stereocenters. The van der Waals surface area contributed by atoms with Crippen LogP contribution in [0.5, 0.6) is 0 Å². The second-order valence-corrected chi connectivity index (χ2v) is 6.21. The number of halogens is 1. The Bertz CT molecular complexity index is 466. The van der Waals surface area contributed by atoms with Gasteiger partial charge >= 0.3 is 0 Å². The summed E-state index contributed by atoms with van der Waals surface area (Å²) in [6.45, 7) is 3.68. The zero-order chi connectivity index (χ0) is 14.4. The van der Waals surface area contributed by atoms with Crippen molar-refractivity contribution in [3.05, 3.63) is 28.8 Å². The minimum absolute atomic E-state index is 0.160. The van der Waals surface area contributed by atoms with Crippen LogP contribution in [-0.2, 0) is 0 Å². The standard InChI is InChI=1S/C13H19ClN4OS/c14-10-1-2-12(17-15)11(9-10)13(19)16-3-4-18-5-7-20-8-6-18/h1-2,9,17H,3-8,15H2,(H,16,19). The number of nitrogen functional groups attached to an aromatic ring is 1. The van der Waals surface area contributed by atoms with Gasteiger partial charge in [-0.2, -0.15) is 11.8 Å². The number of nitrogens with two attached hydrogens (primary N) is 1. The number of carbonyl (C=O) groups excluding carboxylic acids is 1. The fraction of sp³-hybridized carbons (Fsp3) is 0.462. The molecule has 20 heavy (non-hydrogen) atoms. The van der Waals surface area contributed by atoms with E-state index in [9.17, 15) is 4.79 Å². The van der Waals surface area contributed by atoms with Gasteiger partial charge < -0.3 is 10.7 Å². The van der Waals surface area contributed by atoms with Crippen molar-refractivity contribution < 1.29 is 4.79 Å². The van der Waals surface area contributed by atoms with E-state index in [1.165, 1.54) is 11.5 Å². The van der Waals surface area contributed by atoms with E-state index < -0.39 is 0 Å². The number of amides is 1. The van der Waals surface area contributed by atoms with Gasteiger partial charge in [0.25, 0.3) is 5.91 Å². The molecule has 1 amide bonds. The van der Waals surface area contributed by atoms with Crippen LogP contribution >= 0.6 is 23.4 Å². The molecule has 0 saturated carbocycles. The first-order valence-electron chi connectivity index (χ1n) is 6.55. The zero-order valence-electron chi connectivity index (χ0n) is 11.2. The molecule has 0 aromatic heterocycles. The van der Waals surface area contributed by atoms with Gasteiger partial charge in [-0.25, -0.2) is 0 Å². The molecule has 0 atom stereocenters. The Balaban J connectivity index is 1.86. The van der Waals surface area contributed by atoms with E-state index in [0.717, 1.165) is 19.6 Å². The number of anilines is 1. The summed E-state index contributed by atoms with van der Waals surface area (Å²) in [7, 11) is 0. The molecule has 0 spiro atoms. The van der Waals surface area contributed by atoms with Crippen molar-refractivity contribution >= 4 is 35.0 Å². The highest BCUT2D eigenvalue weighted by molar-refractivity contribution is 7.99. The lowest BCUT2D eigenvalue weighted by atomic mass is 10.1. The highest BCUT2D eigenvalue weighted by atomic mass is 35.5. The van der Waals surface area contributed by atoms with Crippen LogP contribution in [0.3, 0.4) is 0 Å². The number of hydrogen-bond donors (Lipinski definition) is 3. The highest BCUT2D eigenvalue weighted by Crippen LogP contribution is 2.19. The number of hydrazine groups is 1. The fourth-order valence-corrected chi connectivity index (χ4v) is 3.23. The molecule has 2 rings (SSSR count). The van der Waals surface area contributed by atoms with Crippen molar-refractivity contribution in [3.63, 3.8) is 0 Å². The zero-order valence-corrected chi connectivity index (χ0v) is 12.8. The van der Waals surface area contributed by atoms with Crippen LogP contribution in [0.25, 0.3) is 0 Å².